The maximum atomic E-state index is 9.43. The van der Waals surface area contributed by atoms with Gasteiger partial charge in [0.05, 0.1) is 0 Å². The minimum atomic E-state index is -1.31. The molecule has 64 valence electrons. The first kappa shape index (κ1) is 23.2. The molecule has 0 rings (SSSR count). The van der Waals surface area contributed by atoms with Crippen LogP contribution >= 0.6 is 0 Å². The van der Waals surface area contributed by atoms with E-state index in [1.807, 2.05) is 0 Å². The van der Waals surface area contributed by atoms with Crippen molar-refractivity contribution in [2.75, 3.05) is 0 Å². The van der Waals surface area contributed by atoms with Crippen LogP contribution in [0.2, 0.25) is 0 Å². The van der Waals surface area contributed by atoms with Crippen molar-refractivity contribution in [3.63, 3.8) is 0 Å². The largest absolute Gasteiger partial charge is 0.481 e. The molecule has 7 nitrogen and oxygen atoms in total. The number of carbonyl (C=O) groups is 2. The van der Waals surface area contributed by atoms with Gasteiger partial charge in [-0.05, 0) is 0 Å². The molecule has 0 fully saturated rings. The van der Waals surface area contributed by atoms with Gasteiger partial charge in [0.15, 0.2) is 0 Å². The Bertz CT molecular complexity index is 85.0. The predicted molar refractivity (Wildman–Crippen MR) is 30.7 cm³/mol. The summed E-state index contributed by atoms with van der Waals surface area (Å²) >= 11 is 0. The Labute approximate surface area is 55.8 Å². The number of hydrogen-bond donors (Lipinski definition) is 2. The smallest absolute Gasteiger partial charge is 0.314 e. The topological polar surface area (TPSA) is 169 Å². The third-order valence-electron chi connectivity index (χ3n) is 0.302. The van der Waals surface area contributed by atoms with E-state index in [0.29, 0.717) is 0 Å². The van der Waals surface area contributed by atoms with Crippen molar-refractivity contribution in [1.82, 2.24) is 0 Å². The Hall–Kier alpha value is -1.18. The first-order valence-corrected chi connectivity index (χ1v) is 1.56. The van der Waals surface area contributed by atoms with E-state index in [1.54, 1.807) is 0 Å². The van der Waals surface area contributed by atoms with Crippen LogP contribution in [0.1, 0.15) is 6.42 Å². The highest BCUT2D eigenvalue weighted by molar-refractivity contribution is 5.88. The second-order valence-electron chi connectivity index (χ2n) is 0.964. The molecule has 0 unspecified atom stereocenters. The molecule has 0 saturated carbocycles. The summed E-state index contributed by atoms with van der Waals surface area (Å²) in [6, 6.07) is 0. The molecule has 0 atom stereocenters. The minimum absolute atomic E-state index is 0. The van der Waals surface area contributed by atoms with Crippen LogP contribution in [0.5, 0.6) is 0 Å². The van der Waals surface area contributed by atoms with Crippen LogP contribution in [-0.2, 0) is 9.59 Å². The summed E-state index contributed by atoms with van der Waals surface area (Å²) in [5.74, 6) is -2.62. The van der Waals surface area contributed by atoms with Crippen molar-refractivity contribution in [3.8, 4) is 0 Å². The van der Waals surface area contributed by atoms with Gasteiger partial charge in [0.2, 0.25) is 0 Å². The molecule has 0 radical (unpaired) electrons. The van der Waals surface area contributed by atoms with Crippen LogP contribution in [-0.4, -0.2) is 38.6 Å². The highest BCUT2D eigenvalue weighted by atomic mass is 16.4. The highest BCUT2D eigenvalue weighted by Crippen LogP contribution is 1.74. The fraction of sp³-hybridized carbons (Fsp3) is 0.333. The Balaban J connectivity index is -0.0000000600. The van der Waals surface area contributed by atoms with Gasteiger partial charge in [-0.1, -0.05) is 0 Å². The van der Waals surface area contributed by atoms with Gasteiger partial charge in [-0.3, -0.25) is 9.59 Å². The fourth-order valence-electron chi connectivity index (χ4n) is 0.129. The number of carboxylic acid groups (broad SMARTS) is 2. The Kier molecular flexibility index (Phi) is 24.9. The molecule has 10 heavy (non-hydrogen) atoms. The Morgan fingerprint density at radius 3 is 1.10 bits per heavy atom. The molecule has 7 heteroatoms. The van der Waals surface area contributed by atoms with Gasteiger partial charge < -0.3 is 26.6 Å². The number of hydrogen-bond acceptors (Lipinski definition) is 2. The first-order chi connectivity index (χ1) is 3.13. The predicted octanol–water partition coefficient (Wildman–Crippen LogP) is -2.93. The van der Waals surface area contributed by atoms with E-state index in [9.17, 15) is 9.59 Å². The molecular formula is C3H10O7. The van der Waals surface area contributed by atoms with E-state index in [-0.39, 0.29) is 16.4 Å². The summed E-state index contributed by atoms with van der Waals surface area (Å²) in [4.78, 5) is 18.9. The zero-order chi connectivity index (χ0) is 5.86. The summed E-state index contributed by atoms with van der Waals surface area (Å²) in [7, 11) is 0. The molecule has 0 aromatic rings. The van der Waals surface area contributed by atoms with Crippen LogP contribution in [0.15, 0.2) is 0 Å². The second kappa shape index (κ2) is 10.7. The lowest BCUT2D eigenvalue weighted by Gasteiger charge is -1.80. The van der Waals surface area contributed by atoms with Crippen LogP contribution in [0.3, 0.4) is 0 Å². The van der Waals surface area contributed by atoms with Gasteiger partial charge in [0.25, 0.3) is 0 Å². The number of aliphatic carboxylic acids is 2. The third kappa shape index (κ3) is 29.0. The van der Waals surface area contributed by atoms with Crippen molar-refractivity contribution in [3.05, 3.63) is 0 Å². The molecule has 8 N–H and O–H groups in total. The molecule has 0 heterocycles. The lowest BCUT2D eigenvalue weighted by atomic mass is 10.5. The third-order valence-corrected chi connectivity index (χ3v) is 0.302. The van der Waals surface area contributed by atoms with Crippen molar-refractivity contribution < 1.29 is 36.2 Å². The summed E-state index contributed by atoms with van der Waals surface area (Å²) in [5, 5.41) is 15.4. The van der Waals surface area contributed by atoms with Crippen molar-refractivity contribution in [2.24, 2.45) is 0 Å². The SMILES string of the molecule is O.O.O.O=C(O)CC(=O)O. The van der Waals surface area contributed by atoms with Crippen molar-refractivity contribution in [2.45, 2.75) is 6.42 Å². The van der Waals surface area contributed by atoms with Crippen LogP contribution < -0.4 is 0 Å². The van der Waals surface area contributed by atoms with Crippen LogP contribution in [0.25, 0.3) is 0 Å². The molecule has 0 bridgehead atoms. The second-order valence-corrected chi connectivity index (χ2v) is 0.964. The fourth-order valence-corrected chi connectivity index (χ4v) is 0.129. The maximum absolute atomic E-state index is 9.43. The number of rotatable bonds is 2. The molecule has 0 aromatic carbocycles. The van der Waals surface area contributed by atoms with Gasteiger partial charge in [-0.25, -0.2) is 0 Å². The van der Waals surface area contributed by atoms with Crippen LogP contribution in [0.4, 0.5) is 0 Å². The van der Waals surface area contributed by atoms with E-state index < -0.39 is 18.4 Å². The zero-order valence-corrected chi connectivity index (χ0v) is 4.92. The minimum Gasteiger partial charge on any atom is -0.481 e. The molecule has 0 aliphatic rings. The number of carboxylic acids is 2. The zero-order valence-electron chi connectivity index (χ0n) is 4.92. The highest BCUT2D eigenvalue weighted by Gasteiger charge is 2.01. The summed E-state index contributed by atoms with van der Waals surface area (Å²) in [5.41, 5.74) is 0. The molecule has 0 aromatic heterocycles. The maximum Gasteiger partial charge on any atom is 0.314 e. The van der Waals surface area contributed by atoms with Gasteiger partial charge >= 0.3 is 11.9 Å². The average molecular weight is 158 g/mol. The molecule has 0 aliphatic carbocycles. The lowest BCUT2D eigenvalue weighted by Crippen LogP contribution is -2.03. The van der Waals surface area contributed by atoms with Gasteiger partial charge in [-0.2, -0.15) is 0 Å². The van der Waals surface area contributed by atoms with Crippen LogP contribution in [0, 0.1) is 0 Å². The van der Waals surface area contributed by atoms with Gasteiger partial charge in [-0.15, -0.1) is 0 Å². The standard InChI is InChI=1S/C3H4O4.3H2O/c4-2(5)1-3(6)7;;;/h1H2,(H,4,5)(H,6,7);3*1H2. The van der Waals surface area contributed by atoms with E-state index in [0.717, 1.165) is 0 Å². The van der Waals surface area contributed by atoms with E-state index >= 15 is 0 Å². The van der Waals surface area contributed by atoms with E-state index in [1.165, 1.54) is 0 Å². The van der Waals surface area contributed by atoms with E-state index in [2.05, 4.69) is 0 Å². The molecule has 0 aliphatic heterocycles. The summed E-state index contributed by atoms with van der Waals surface area (Å²) in [6.45, 7) is 0. The van der Waals surface area contributed by atoms with E-state index in [4.69, 9.17) is 10.2 Å². The molecule has 0 spiro atoms. The first-order valence-electron chi connectivity index (χ1n) is 1.56. The Morgan fingerprint density at radius 1 is 0.900 bits per heavy atom. The lowest BCUT2D eigenvalue weighted by molar-refractivity contribution is -0.147. The monoisotopic (exact) mass is 158 g/mol. The van der Waals surface area contributed by atoms with Crippen molar-refractivity contribution >= 4 is 11.9 Å². The molecular weight excluding hydrogens is 148 g/mol. The van der Waals surface area contributed by atoms with Gasteiger partial charge in [0, 0.05) is 0 Å². The normalized spacial score (nSPS) is 5.60. The average Bonchev–Trinajstić information content (AvgIpc) is 1.27. The summed E-state index contributed by atoms with van der Waals surface area (Å²) < 4.78 is 0. The summed E-state index contributed by atoms with van der Waals surface area (Å²) in [6.07, 6.45) is -0.806. The molecule has 0 saturated heterocycles. The van der Waals surface area contributed by atoms with Gasteiger partial charge in [0.1, 0.15) is 6.42 Å². The Morgan fingerprint density at radius 2 is 1.10 bits per heavy atom. The quantitative estimate of drug-likeness (QED) is 0.410. The van der Waals surface area contributed by atoms with Crippen molar-refractivity contribution in [1.29, 1.82) is 0 Å². The molecule has 0 amide bonds.